The predicted octanol–water partition coefficient (Wildman–Crippen LogP) is 1.79. The first-order valence-electron chi connectivity index (χ1n) is 5.85. The highest BCUT2D eigenvalue weighted by molar-refractivity contribution is 5.90. The standard InChI is InChI=1S/C12H16FN3O4/c1-7(15(2)3)6-14-10-5-9(13)8(12(17)18)4-11(10)16(19)20/h4-5,7,14H,6H2,1-3H3,(H,17,18). The summed E-state index contributed by atoms with van der Waals surface area (Å²) in [5, 5.41) is 22.5. The number of halogens is 1. The SMILES string of the molecule is CC(CNc1cc(F)c(C(=O)O)cc1[N+](=O)[O-])N(C)C. The summed E-state index contributed by atoms with van der Waals surface area (Å²) in [5.41, 5.74) is -1.22. The van der Waals surface area contributed by atoms with Gasteiger partial charge in [-0.15, -0.1) is 0 Å². The highest BCUT2D eigenvalue weighted by Gasteiger charge is 2.22. The van der Waals surface area contributed by atoms with Crippen LogP contribution in [0, 0.1) is 15.9 Å². The highest BCUT2D eigenvalue weighted by atomic mass is 19.1. The van der Waals surface area contributed by atoms with E-state index in [2.05, 4.69) is 5.32 Å². The molecule has 20 heavy (non-hydrogen) atoms. The number of hydrogen-bond donors (Lipinski definition) is 2. The summed E-state index contributed by atoms with van der Waals surface area (Å²) in [5.74, 6) is -2.55. The van der Waals surface area contributed by atoms with Crippen LogP contribution in [0.4, 0.5) is 15.8 Å². The van der Waals surface area contributed by atoms with Crippen molar-refractivity contribution in [2.75, 3.05) is 26.0 Å². The molecule has 1 aromatic rings. The van der Waals surface area contributed by atoms with Crippen LogP contribution in [-0.2, 0) is 0 Å². The second kappa shape index (κ2) is 6.29. The second-order valence-electron chi connectivity index (χ2n) is 4.60. The number of carboxylic acids is 1. The molecule has 1 rings (SSSR count). The van der Waals surface area contributed by atoms with Crippen molar-refractivity contribution in [2.45, 2.75) is 13.0 Å². The quantitative estimate of drug-likeness (QED) is 0.611. The van der Waals surface area contributed by atoms with Gasteiger partial charge in [-0.3, -0.25) is 10.1 Å². The van der Waals surface area contributed by atoms with Crippen molar-refractivity contribution in [1.82, 2.24) is 4.90 Å². The summed E-state index contributed by atoms with van der Waals surface area (Å²) >= 11 is 0. The Morgan fingerprint density at radius 3 is 2.60 bits per heavy atom. The molecule has 1 atom stereocenters. The molecule has 0 aliphatic heterocycles. The molecule has 8 heteroatoms. The number of carboxylic acid groups (broad SMARTS) is 1. The fourth-order valence-electron chi connectivity index (χ4n) is 1.46. The number of aromatic carboxylic acids is 1. The van der Waals surface area contributed by atoms with E-state index >= 15 is 0 Å². The Hall–Kier alpha value is -2.22. The Bertz CT molecular complexity index is 534. The molecule has 0 heterocycles. The maximum absolute atomic E-state index is 13.6. The zero-order chi connectivity index (χ0) is 15.4. The summed E-state index contributed by atoms with van der Waals surface area (Å²) in [6, 6.07) is 1.63. The Morgan fingerprint density at radius 1 is 1.55 bits per heavy atom. The molecule has 7 nitrogen and oxygen atoms in total. The maximum atomic E-state index is 13.6. The average molecular weight is 285 g/mol. The van der Waals surface area contributed by atoms with Gasteiger partial charge in [0.15, 0.2) is 0 Å². The third kappa shape index (κ3) is 3.64. The number of carbonyl (C=O) groups is 1. The van der Waals surface area contributed by atoms with E-state index in [0.29, 0.717) is 6.54 Å². The van der Waals surface area contributed by atoms with Gasteiger partial charge in [-0.05, 0) is 21.0 Å². The van der Waals surface area contributed by atoms with Gasteiger partial charge in [-0.1, -0.05) is 0 Å². The van der Waals surface area contributed by atoms with Gasteiger partial charge >= 0.3 is 5.97 Å². The molecule has 1 unspecified atom stereocenters. The third-order valence-electron chi connectivity index (χ3n) is 2.98. The van der Waals surface area contributed by atoms with Gasteiger partial charge in [0.05, 0.1) is 4.92 Å². The minimum absolute atomic E-state index is 0.0359. The van der Waals surface area contributed by atoms with Crippen molar-refractivity contribution in [1.29, 1.82) is 0 Å². The van der Waals surface area contributed by atoms with E-state index in [1.54, 1.807) is 0 Å². The third-order valence-corrected chi connectivity index (χ3v) is 2.98. The lowest BCUT2D eigenvalue weighted by atomic mass is 10.1. The molecule has 2 N–H and O–H groups in total. The van der Waals surface area contributed by atoms with Crippen molar-refractivity contribution in [3.63, 3.8) is 0 Å². The minimum Gasteiger partial charge on any atom is -0.478 e. The lowest BCUT2D eigenvalue weighted by Gasteiger charge is -2.20. The molecule has 0 aliphatic rings. The first-order valence-corrected chi connectivity index (χ1v) is 5.85. The number of nitro groups is 1. The van der Waals surface area contributed by atoms with Crippen LogP contribution in [0.3, 0.4) is 0 Å². The Balaban J connectivity index is 3.09. The average Bonchev–Trinajstić information content (AvgIpc) is 2.34. The number of nitrogens with one attached hydrogen (secondary N) is 1. The normalized spacial score (nSPS) is 12.2. The summed E-state index contributed by atoms with van der Waals surface area (Å²) in [4.78, 5) is 22.8. The molecule has 0 spiro atoms. The first-order chi connectivity index (χ1) is 9.23. The summed E-state index contributed by atoms with van der Waals surface area (Å²) in [7, 11) is 3.68. The van der Waals surface area contributed by atoms with Crippen molar-refractivity contribution in [3.05, 3.63) is 33.6 Å². The van der Waals surface area contributed by atoms with Gasteiger partial charge < -0.3 is 15.3 Å². The van der Waals surface area contributed by atoms with E-state index in [-0.39, 0.29) is 11.7 Å². The zero-order valence-electron chi connectivity index (χ0n) is 11.4. The van der Waals surface area contributed by atoms with Crippen LogP contribution in [-0.4, -0.2) is 47.6 Å². The molecule has 0 saturated heterocycles. The van der Waals surface area contributed by atoms with E-state index in [9.17, 15) is 19.3 Å². The molecule has 1 aromatic carbocycles. The fraction of sp³-hybridized carbons (Fsp3) is 0.417. The molecule has 0 bridgehead atoms. The van der Waals surface area contributed by atoms with Crippen LogP contribution in [0.5, 0.6) is 0 Å². The van der Waals surface area contributed by atoms with Crippen molar-refractivity contribution >= 4 is 17.3 Å². The first kappa shape index (κ1) is 15.8. The molecule has 0 fully saturated rings. The number of hydrogen-bond acceptors (Lipinski definition) is 5. The second-order valence-corrected chi connectivity index (χ2v) is 4.60. The molecule has 110 valence electrons. The van der Waals surface area contributed by atoms with E-state index < -0.39 is 28.0 Å². The van der Waals surface area contributed by atoms with Crippen LogP contribution in [0.25, 0.3) is 0 Å². The van der Waals surface area contributed by atoms with E-state index in [4.69, 9.17) is 5.11 Å². The van der Waals surface area contributed by atoms with Gasteiger partial charge in [0.2, 0.25) is 0 Å². The molecular weight excluding hydrogens is 269 g/mol. The molecule has 0 amide bonds. The largest absolute Gasteiger partial charge is 0.478 e. The Labute approximate surface area is 115 Å². The van der Waals surface area contributed by atoms with E-state index in [1.165, 1.54) is 0 Å². The molecule has 0 radical (unpaired) electrons. The van der Waals surface area contributed by atoms with Gasteiger partial charge in [0.25, 0.3) is 5.69 Å². The molecule has 0 aliphatic carbocycles. The van der Waals surface area contributed by atoms with Crippen LogP contribution in [0.15, 0.2) is 12.1 Å². The van der Waals surface area contributed by atoms with Gasteiger partial charge in [-0.25, -0.2) is 9.18 Å². The maximum Gasteiger partial charge on any atom is 0.338 e. The Kier molecular flexibility index (Phi) is 4.98. The summed E-state index contributed by atoms with van der Waals surface area (Å²) < 4.78 is 13.6. The molecular formula is C12H16FN3O4. The Morgan fingerprint density at radius 2 is 2.15 bits per heavy atom. The van der Waals surface area contributed by atoms with E-state index in [1.807, 2.05) is 25.9 Å². The van der Waals surface area contributed by atoms with Crippen LogP contribution >= 0.6 is 0 Å². The molecule has 0 aromatic heterocycles. The number of likely N-dealkylation sites (N-methyl/N-ethyl adjacent to an activating group) is 1. The lowest BCUT2D eigenvalue weighted by molar-refractivity contribution is -0.384. The van der Waals surface area contributed by atoms with Gasteiger partial charge in [0, 0.05) is 24.7 Å². The zero-order valence-corrected chi connectivity index (χ0v) is 11.4. The van der Waals surface area contributed by atoms with Crippen molar-refractivity contribution in [3.8, 4) is 0 Å². The number of benzene rings is 1. The van der Waals surface area contributed by atoms with Gasteiger partial charge in [-0.2, -0.15) is 0 Å². The number of nitrogens with zero attached hydrogens (tertiary/aromatic N) is 2. The monoisotopic (exact) mass is 285 g/mol. The predicted molar refractivity (Wildman–Crippen MR) is 71.7 cm³/mol. The summed E-state index contributed by atoms with van der Waals surface area (Å²) in [6.45, 7) is 2.25. The van der Waals surface area contributed by atoms with Crippen molar-refractivity contribution < 1.29 is 19.2 Å². The fourth-order valence-corrected chi connectivity index (χ4v) is 1.46. The highest BCUT2D eigenvalue weighted by Crippen LogP contribution is 2.28. The number of rotatable bonds is 6. The van der Waals surface area contributed by atoms with E-state index in [0.717, 1.165) is 12.1 Å². The molecule has 0 saturated carbocycles. The number of nitro benzene ring substituents is 1. The lowest BCUT2D eigenvalue weighted by Crippen LogP contribution is -2.31. The van der Waals surface area contributed by atoms with Crippen molar-refractivity contribution in [2.24, 2.45) is 0 Å². The smallest absolute Gasteiger partial charge is 0.338 e. The minimum atomic E-state index is -1.54. The number of anilines is 1. The van der Waals surface area contributed by atoms with Crippen LogP contribution in [0.2, 0.25) is 0 Å². The summed E-state index contributed by atoms with van der Waals surface area (Å²) in [6.07, 6.45) is 0. The van der Waals surface area contributed by atoms with Crippen LogP contribution < -0.4 is 5.32 Å². The topological polar surface area (TPSA) is 95.7 Å². The van der Waals surface area contributed by atoms with Crippen LogP contribution in [0.1, 0.15) is 17.3 Å². The van der Waals surface area contributed by atoms with Gasteiger partial charge in [0.1, 0.15) is 17.1 Å².